The Bertz CT molecular complexity index is 155. The van der Waals surface area contributed by atoms with E-state index in [0.29, 0.717) is 11.5 Å². The van der Waals surface area contributed by atoms with Gasteiger partial charge in [0.15, 0.2) is 0 Å². The van der Waals surface area contributed by atoms with Crippen LogP contribution in [0.5, 0.6) is 0 Å². The van der Waals surface area contributed by atoms with Gasteiger partial charge < -0.3 is 5.32 Å². The summed E-state index contributed by atoms with van der Waals surface area (Å²) in [5.41, 5.74) is 0.532. The van der Waals surface area contributed by atoms with E-state index in [1.807, 2.05) is 0 Å². The van der Waals surface area contributed by atoms with Crippen LogP contribution in [0, 0.1) is 17.3 Å². The van der Waals surface area contributed by atoms with Crippen LogP contribution in [0.3, 0.4) is 0 Å². The summed E-state index contributed by atoms with van der Waals surface area (Å²) in [5, 5.41) is 3.59. The summed E-state index contributed by atoms with van der Waals surface area (Å²) in [6.07, 6.45) is 2.91. The van der Waals surface area contributed by atoms with Crippen molar-refractivity contribution in [3.63, 3.8) is 0 Å². The van der Waals surface area contributed by atoms with Crippen molar-refractivity contribution in [1.82, 2.24) is 5.32 Å². The monoisotopic (exact) mass is 183 g/mol. The van der Waals surface area contributed by atoms with Gasteiger partial charge >= 0.3 is 0 Å². The van der Waals surface area contributed by atoms with Crippen molar-refractivity contribution in [2.75, 3.05) is 6.54 Å². The summed E-state index contributed by atoms with van der Waals surface area (Å²) in [6.45, 7) is 12.8. The van der Waals surface area contributed by atoms with Gasteiger partial charge in [0.05, 0.1) is 0 Å². The Kier molecular flexibility index (Phi) is 3.39. The zero-order valence-corrected chi connectivity index (χ0v) is 9.85. The van der Waals surface area contributed by atoms with Gasteiger partial charge in [0.1, 0.15) is 0 Å². The quantitative estimate of drug-likeness (QED) is 0.691. The first-order valence-corrected chi connectivity index (χ1v) is 5.70. The van der Waals surface area contributed by atoms with Crippen LogP contribution in [0.2, 0.25) is 0 Å². The lowest BCUT2D eigenvalue weighted by molar-refractivity contribution is 0.167. The molecule has 1 rings (SSSR count). The molecular weight excluding hydrogens is 158 g/mol. The summed E-state index contributed by atoms with van der Waals surface area (Å²) in [4.78, 5) is 0. The van der Waals surface area contributed by atoms with E-state index in [1.54, 1.807) is 0 Å². The molecule has 0 bridgehead atoms. The normalized spacial score (nSPS) is 22.4. The Hall–Kier alpha value is -0.0400. The van der Waals surface area contributed by atoms with Crippen molar-refractivity contribution in [3.8, 4) is 0 Å². The lowest BCUT2D eigenvalue weighted by atomic mass is 9.74. The van der Waals surface area contributed by atoms with E-state index >= 15 is 0 Å². The molecule has 1 aliphatic carbocycles. The van der Waals surface area contributed by atoms with Crippen LogP contribution in [0.1, 0.15) is 47.5 Å². The maximum atomic E-state index is 3.59. The SMILES string of the molecule is CC(C)NCC(C)(C(C)C)C1CC1. The van der Waals surface area contributed by atoms with E-state index < -0.39 is 0 Å². The first-order valence-electron chi connectivity index (χ1n) is 5.70. The molecule has 1 heteroatoms. The van der Waals surface area contributed by atoms with Gasteiger partial charge in [-0.15, -0.1) is 0 Å². The highest BCUT2D eigenvalue weighted by Gasteiger charge is 2.43. The second kappa shape index (κ2) is 4.00. The van der Waals surface area contributed by atoms with E-state index in [4.69, 9.17) is 0 Å². The second-order valence-corrected chi connectivity index (χ2v) is 5.47. The molecule has 0 saturated heterocycles. The molecule has 0 spiro atoms. The lowest BCUT2D eigenvalue weighted by Gasteiger charge is -2.35. The number of nitrogens with one attached hydrogen (secondary N) is 1. The highest BCUT2D eigenvalue weighted by Crippen LogP contribution is 2.49. The van der Waals surface area contributed by atoms with Crippen LogP contribution < -0.4 is 5.32 Å². The molecular formula is C12H25N. The fourth-order valence-electron chi connectivity index (χ4n) is 1.99. The van der Waals surface area contributed by atoms with Crippen LogP contribution >= 0.6 is 0 Å². The highest BCUT2D eigenvalue weighted by atomic mass is 14.9. The first kappa shape index (κ1) is 11.0. The van der Waals surface area contributed by atoms with Crippen LogP contribution in [0.15, 0.2) is 0 Å². The average molecular weight is 183 g/mol. The van der Waals surface area contributed by atoms with Gasteiger partial charge in [-0.2, -0.15) is 0 Å². The minimum Gasteiger partial charge on any atom is -0.314 e. The number of hydrogen-bond donors (Lipinski definition) is 1. The molecule has 1 aliphatic rings. The fourth-order valence-corrected chi connectivity index (χ4v) is 1.99. The van der Waals surface area contributed by atoms with E-state index in [-0.39, 0.29) is 0 Å². The van der Waals surface area contributed by atoms with Gasteiger partial charge in [0, 0.05) is 12.6 Å². The van der Waals surface area contributed by atoms with Crippen molar-refractivity contribution < 1.29 is 0 Å². The fraction of sp³-hybridized carbons (Fsp3) is 1.00. The molecule has 1 atom stereocenters. The molecule has 0 aromatic heterocycles. The van der Waals surface area contributed by atoms with E-state index in [9.17, 15) is 0 Å². The summed E-state index contributed by atoms with van der Waals surface area (Å²) in [7, 11) is 0. The molecule has 1 saturated carbocycles. The van der Waals surface area contributed by atoms with Gasteiger partial charge in [0.25, 0.3) is 0 Å². The highest BCUT2D eigenvalue weighted by molar-refractivity contribution is 4.94. The van der Waals surface area contributed by atoms with Crippen molar-refractivity contribution in [1.29, 1.82) is 0 Å². The molecule has 1 N–H and O–H groups in total. The zero-order chi connectivity index (χ0) is 10.1. The zero-order valence-electron chi connectivity index (χ0n) is 9.85. The number of hydrogen-bond acceptors (Lipinski definition) is 1. The van der Waals surface area contributed by atoms with Crippen LogP contribution in [-0.4, -0.2) is 12.6 Å². The average Bonchev–Trinajstić information content (AvgIpc) is 2.81. The van der Waals surface area contributed by atoms with Gasteiger partial charge in [-0.25, -0.2) is 0 Å². The van der Waals surface area contributed by atoms with Crippen molar-refractivity contribution in [2.24, 2.45) is 17.3 Å². The molecule has 0 aromatic rings. The smallest absolute Gasteiger partial charge is 0.00126 e. The maximum absolute atomic E-state index is 3.59. The molecule has 0 heterocycles. The molecule has 0 radical (unpaired) electrons. The Morgan fingerprint density at radius 3 is 2.08 bits per heavy atom. The largest absolute Gasteiger partial charge is 0.314 e. The summed E-state index contributed by atoms with van der Waals surface area (Å²) >= 11 is 0. The Morgan fingerprint density at radius 2 is 1.77 bits per heavy atom. The predicted octanol–water partition coefficient (Wildman–Crippen LogP) is 3.06. The third-order valence-electron chi connectivity index (χ3n) is 3.72. The topological polar surface area (TPSA) is 12.0 Å². The molecule has 0 amide bonds. The molecule has 13 heavy (non-hydrogen) atoms. The van der Waals surface area contributed by atoms with E-state index in [2.05, 4.69) is 39.9 Å². The first-order chi connectivity index (χ1) is 5.97. The van der Waals surface area contributed by atoms with Crippen molar-refractivity contribution >= 4 is 0 Å². The van der Waals surface area contributed by atoms with Gasteiger partial charge in [-0.05, 0) is 30.1 Å². The number of rotatable bonds is 5. The minimum atomic E-state index is 0.532. The van der Waals surface area contributed by atoms with E-state index in [1.165, 1.54) is 19.4 Å². The third-order valence-corrected chi connectivity index (χ3v) is 3.72. The Morgan fingerprint density at radius 1 is 1.23 bits per heavy atom. The predicted molar refractivity (Wildman–Crippen MR) is 58.8 cm³/mol. The molecule has 1 nitrogen and oxygen atoms in total. The van der Waals surface area contributed by atoms with Gasteiger partial charge in [-0.3, -0.25) is 0 Å². The molecule has 78 valence electrons. The molecule has 1 unspecified atom stereocenters. The van der Waals surface area contributed by atoms with Crippen LogP contribution in [-0.2, 0) is 0 Å². The van der Waals surface area contributed by atoms with Gasteiger partial charge in [-0.1, -0.05) is 34.6 Å². The van der Waals surface area contributed by atoms with Crippen molar-refractivity contribution in [3.05, 3.63) is 0 Å². The van der Waals surface area contributed by atoms with Crippen LogP contribution in [0.25, 0.3) is 0 Å². The third kappa shape index (κ3) is 2.70. The molecule has 1 fully saturated rings. The molecule has 0 aliphatic heterocycles. The lowest BCUT2D eigenvalue weighted by Crippen LogP contribution is -2.40. The van der Waals surface area contributed by atoms with Crippen molar-refractivity contribution in [2.45, 2.75) is 53.5 Å². The standard InChI is InChI=1S/C12H25N/c1-9(2)12(5,11-6-7-11)8-13-10(3)4/h9-11,13H,6-8H2,1-5H3. The summed E-state index contributed by atoms with van der Waals surface area (Å²) < 4.78 is 0. The Balaban J connectivity index is 2.46. The van der Waals surface area contributed by atoms with Crippen LogP contribution in [0.4, 0.5) is 0 Å². The molecule has 0 aromatic carbocycles. The second-order valence-electron chi connectivity index (χ2n) is 5.47. The minimum absolute atomic E-state index is 0.532. The van der Waals surface area contributed by atoms with Gasteiger partial charge in [0.2, 0.25) is 0 Å². The Labute approximate surface area is 83.3 Å². The summed E-state index contributed by atoms with van der Waals surface area (Å²) in [6, 6.07) is 0.622. The maximum Gasteiger partial charge on any atom is 0.00126 e. The summed E-state index contributed by atoms with van der Waals surface area (Å²) in [5.74, 6) is 1.78. The van der Waals surface area contributed by atoms with E-state index in [0.717, 1.165) is 11.8 Å².